The molecule has 4 heteroatoms. The summed E-state index contributed by atoms with van der Waals surface area (Å²) in [5.74, 6) is 1.87. The van der Waals surface area contributed by atoms with E-state index in [1.807, 2.05) is 6.07 Å². The zero-order valence-electron chi connectivity index (χ0n) is 14.4. The van der Waals surface area contributed by atoms with Crippen LogP contribution in [0.25, 0.3) is 0 Å². The molecule has 1 saturated heterocycles. The lowest BCUT2D eigenvalue weighted by atomic mass is 10.0. The van der Waals surface area contributed by atoms with E-state index in [-0.39, 0.29) is 5.91 Å². The number of aryl methyl sites for hydroxylation is 1. The van der Waals surface area contributed by atoms with Crippen LogP contribution in [0.5, 0.6) is 5.75 Å². The first-order valence-corrected chi connectivity index (χ1v) is 8.94. The Morgan fingerprint density at radius 1 is 1.38 bits per heavy atom. The molecule has 2 atom stereocenters. The average Bonchev–Trinajstić information content (AvgIpc) is 3.25. The number of benzene rings is 1. The van der Waals surface area contributed by atoms with Crippen LogP contribution < -0.4 is 10.1 Å². The predicted molar refractivity (Wildman–Crippen MR) is 93.9 cm³/mol. The van der Waals surface area contributed by atoms with Gasteiger partial charge in [-0.1, -0.05) is 24.3 Å². The molecule has 0 saturated carbocycles. The Bertz CT molecular complexity index is 591. The molecule has 1 aliphatic heterocycles. The van der Waals surface area contributed by atoms with Crippen molar-refractivity contribution in [3.63, 3.8) is 0 Å². The molecule has 24 heavy (non-hydrogen) atoms. The number of carbonyl (C=O) groups excluding carboxylic acids is 1. The number of hydrogen-bond acceptors (Lipinski definition) is 3. The molecule has 0 aromatic heterocycles. The van der Waals surface area contributed by atoms with E-state index in [4.69, 9.17) is 9.47 Å². The molecule has 0 bridgehead atoms. The van der Waals surface area contributed by atoms with Gasteiger partial charge in [-0.05, 0) is 43.7 Å². The highest BCUT2D eigenvalue weighted by molar-refractivity contribution is 5.76. The second kappa shape index (κ2) is 8.34. The van der Waals surface area contributed by atoms with E-state index < -0.39 is 0 Å². The van der Waals surface area contributed by atoms with Crippen LogP contribution in [0.15, 0.2) is 30.4 Å². The second-order valence-electron chi connectivity index (χ2n) is 6.90. The van der Waals surface area contributed by atoms with Gasteiger partial charge in [0.25, 0.3) is 0 Å². The molecule has 3 rings (SSSR count). The van der Waals surface area contributed by atoms with Crippen molar-refractivity contribution in [3.05, 3.63) is 41.5 Å². The first-order chi connectivity index (χ1) is 11.7. The summed E-state index contributed by atoms with van der Waals surface area (Å²) >= 11 is 0. The monoisotopic (exact) mass is 329 g/mol. The molecule has 1 aromatic carbocycles. The van der Waals surface area contributed by atoms with E-state index in [0.29, 0.717) is 31.4 Å². The third-order valence-corrected chi connectivity index (χ3v) is 4.76. The van der Waals surface area contributed by atoms with Gasteiger partial charge in [-0.3, -0.25) is 4.79 Å². The van der Waals surface area contributed by atoms with Gasteiger partial charge in [0.1, 0.15) is 5.75 Å². The molecule has 1 aliphatic carbocycles. The minimum atomic E-state index is 0.113. The van der Waals surface area contributed by atoms with Crippen molar-refractivity contribution in [3.8, 4) is 5.75 Å². The SMILES string of the molecule is Cc1ccc(CNC(=O)CC2C=CCC2)c(OCC2CCOC2)c1. The maximum atomic E-state index is 12.1. The van der Waals surface area contributed by atoms with Gasteiger partial charge in [-0.15, -0.1) is 0 Å². The average molecular weight is 329 g/mol. The van der Waals surface area contributed by atoms with Gasteiger partial charge in [0.2, 0.25) is 5.91 Å². The lowest BCUT2D eigenvalue weighted by Crippen LogP contribution is -2.25. The molecule has 2 unspecified atom stereocenters. The van der Waals surface area contributed by atoms with Crippen molar-refractivity contribution in [1.29, 1.82) is 0 Å². The van der Waals surface area contributed by atoms with Crippen molar-refractivity contribution in [1.82, 2.24) is 5.32 Å². The highest BCUT2D eigenvalue weighted by Gasteiger charge is 2.18. The molecule has 1 heterocycles. The summed E-state index contributed by atoms with van der Waals surface area (Å²) in [6, 6.07) is 6.16. The molecule has 0 radical (unpaired) electrons. The van der Waals surface area contributed by atoms with Crippen molar-refractivity contribution < 1.29 is 14.3 Å². The minimum absolute atomic E-state index is 0.113. The van der Waals surface area contributed by atoms with Crippen LogP contribution in [0.4, 0.5) is 0 Å². The van der Waals surface area contributed by atoms with Crippen molar-refractivity contribution in [2.24, 2.45) is 11.8 Å². The third-order valence-electron chi connectivity index (χ3n) is 4.76. The summed E-state index contributed by atoms with van der Waals surface area (Å²) in [7, 11) is 0. The Labute approximate surface area is 144 Å². The van der Waals surface area contributed by atoms with Crippen LogP contribution >= 0.6 is 0 Å². The van der Waals surface area contributed by atoms with Crippen LogP contribution in [0.1, 0.15) is 36.8 Å². The summed E-state index contributed by atoms with van der Waals surface area (Å²) in [5.41, 5.74) is 2.20. The van der Waals surface area contributed by atoms with Crippen LogP contribution in [-0.2, 0) is 16.1 Å². The normalized spacial score (nSPS) is 22.7. The van der Waals surface area contributed by atoms with Gasteiger partial charge in [0, 0.05) is 31.1 Å². The van der Waals surface area contributed by atoms with E-state index in [1.165, 1.54) is 5.56 Å². The number of nitrogens with one attached hydrogen (secondary N) is 1. The predicted octanol–water partition coefficient (Wildman–Crippen LogP) is 3.38. The number of ether oxygens (including phenoxy) is 2. The van der Waals surface area contributed by atoms with Crippen LogP contribution in [0.2, 0.25) is 0 Å². The minimum Gasteiger partial charge on any atom is -0.493 e. The van der Waals surface area contributed by atoms with Gasteiger partial charge < -0.3 is 14.8 Å². The van der Waals surface area contributed by atoms with Crippen molar-refractivity contribution in [2.45, 2.75) is 39.2 Å². The Hall–Kier alpha value is -1.81. The fraction of sp³-hybridized carbons (Fsp3) is 0.550. The van der Waals surface area contributed by atoms with Gasteiger partial charge in [0.15, 0.2) is 0 Å². The maximum absolute atomic E-state index is 12.1. The Kier molecular flexibility index (Phi) is 5.91. The Morgan fingerprint density at radius 2 is 2.29 bits per heavy atom. The zero-order valence-corrected chi connectivity index (χ0v) is 14.4. The fourth-order valence-electron chi connectivity index (χ4n) is 3.23. The quantitative estimate of drug-likeness (QED) is 0.780. The largest absolute Gasteiger partial charge is 0.493 e. The van der Waals surface area contributed by atoms with E-state index in [9.17, 15) is 4.79 Å². The van der Waals surface area contributed by atoms with E-state index in [1.54, 1.807) is 0 Å². The van der Waals surface area contributed by atoms with Gasteiger partial charge >= 0.3 is 0 Å². The van der Waals surface area contributed by atoms with Crippen LogP contribution in [0, 0.1) is 18.8 Å². The lowest BCUT2D eigenvalue weighted by Gasteiger charge is -2.16. The van der Waals surface area contributed by atoms with Crippen molar-refractivity contribution >= 4 is 5.91 Å². The first kappa shape index (κ1) is 17.0. The van der Waals surface area contributed by atoms with Crippen LogP contribution in [-0.4, -0.2) is 25.7 Å². The third kappa shape index (κ3) is 4.84. The highest BCUT2D eigenvalue weighted by Crippen LogP contribution is 2.23. The summed E-state index contributed by atoms with van der Waals surface area (Å²) in [4.78, 5) is 12.1. The second-order valence-corrected chi connectivity index (χ2v) is 6.90. The Morgan fingerprint density at radius 3 is 3.04 bits per heavy atom. The highest BCUT2D eigenvalue weighted by atomic mass is 16.5. The molecule has 1 N–H and O–H groups in total. The molecule has 1 fully saturated rings. The smallest absolute Gasteiger partial charge is 0.220 e. The Balaban J connectivity index is 1.53. The van der Waals surface area contributed by atoms with E-state index in [2.05, 4.69) is 36.5 Å². The number of carbonyl (C=O) groups is 1. The summed E-state index contributed by atoms with van der Waals surface area (Å²) in [5, 5.41) is 3.04. The molecule has 2 aliphatic rings. The number of allylic oxidation sites excluding steroid dienone is 2. The fourth-order valence-corrected chi connectivity index (χ4v) is 3.23. The number of rotatable bonds is 7. The van der Waals surface area contributed by atoms with Crippen LogP contribution in [0.3, 0.4) is 0 Å². The molecule has 4 nitrogen and oxygen atoms in total. The van der Waals surface area contributed by atoms with E-state index >= 15 is 0 Å². The molecule has 1 amide bonds. The van der Waals surface area contributed by atoms with Gasteiger partial charge in [-0.2, -0.15) is 0 Å². The van der Waals surface area contributed by atoms with Gasteiger partial charge in [-0.25, -0.2) is 0 Å². The molecule has 130 valence electrons. The first-order valence-electron chi connectivity index (χ1n) is 8.94. The molecular formula is C20H27NO3. The molecule has 1 aromatic rings. The van der Waals surface area contributed by atoms with Crippen molar-refractivity contribution in [2.75, 3.05) is 19.8 Å². The summed E-state index contributed by atoms with van der Waals surface area (Å²) < 4.78 is 11.4. The zero-order chi connectivity index (χ0) is 16.8. The standard InChI is InChI=1S/C20H27NO3/c1-15-6-7-18(12-21-20(22)11-16-4-2-3-5-16)19(10-15)24-14-17-8-9-23-13-17/h2,4,6-7,10,16-17H,3,5,8-9,11-14H2,1H3,(H,21,22). The summed E-state index contributed by atoms with van der Waals surface area (Å²) in [6.07, 6.45) is 8.15. The lowest BCUT2D eigenvalue weighted by molar-refractivity contribution is -0.121. The maximum Gasteiger partial charge on any atom is 0.220 e. The number of amides is 1. The molecule has 0 spiro atoms. The topological polar surface area (TPSA) is 47.6 Å². The number of hydrogen-bond donors (Lipinski definition) is 1. The molecular weight excluding hydrogens is 302 g/mol. The van der Waals surface area contributed by atoms with Gasteiger partial charge in [0.05, 0.1) is 13.2 Å². The summed E-state index contributed by atoms with van der Waals surface area (Å²) in [6.45, 7) is 4.87. The van der Waals surface area contributed by atoms with E-state index in [0.717, 1.165) is 43.8 Å².